The maximum atomic E-state index is 15.2. The van der Waals surface area contributed by atoms with Gasteiger partial charge in [0.1, 0.15) is 0 Å². The lowest BCUT2D eigenvalue weighted by atomic mass is 10.2. The zero-order valence-corrected chi connectivity index (χ0v) is 23.9. The van der Waals surface area contributed by atoms with Crippen molar-refractivity contribution < 1.29 is 27.0 Å². The van der Waals surface area contributed by atoms with Gasteiger partial charge in [-0.1, -0.05) is 78.3 Å². The molecule has 0 N–H and O–H groups in total. The van der Waals surface area contributed by atoms with E-state index in [0.29, 0.717) is 0 Å². The Morgan fingerprint density at radius 1 is 0.875 bits per heavy atom. The van der Waals surface area contributed by atoms with Crippen LogP contribution in [0.4, 0.5) is 0 Å². The van der Waals surface area contributed by atoms with E-state index in [9.17, 15) is 13.2 Å². The molecule has 40 heavy (non-hydrogen) atoms. The third-order valence-corrected chi connectivity index (χ3v) is 10.7. The first-order valence-corrected chi connectivity index (χ1v) is 15.9. The molecule has 1 aromatic heterocycles. The molecular weight excluding hydrogens is 569 g/mol. The summed E-state index contributed by atoms with van der Waals surface area (Å²) in [5, 5.41) is 0.661. The van der Waals surface area contributed by atoms with Gasteiger partial charge < -0.3 is 9.26 Å². The van der Waals surface area contributed by atoms with Gasteiger partial charge in [-0.15, -0.1) is 0 Å². The van der Waals surface area contributed by atoms with E-state index in [2.05, 4.69) is 0 Å². The smallest absolute Gasteiger partial charge is 0.356 e. The summed E-state index contributed by atoms with van der Waals surface area (Å²) in [4.78, 5) is 13.6. The normalized spacial score (nSPS) is 13.2. The number of ether oxygens (including phenoxy) is 1. The van der Waals surface area contributed by atoms with Crippen molar-refractivity contribution in [2.75, 3.05) is 6.61 Å². The van der Waals surface area contributed by atoms with E-state index < -0.39 is 29.1 Å². The second-order valence-corrected chi connectivity index (χ2v) is 13.4. The van der Waals surface area contributed by atoms with Crippen molar-refractivity contribution in [1.82, 2.24) is 3.97 Å². The first-order chi connectivity index (χ1) is 19.3. The lowest BCUT2D eigenvalue weighted by Crippen LogP contribution is -2.28. The SMILES string of the molecule is CCOC(=O)c1c(P(=O)(OCc2ccccc2)c2ccccc2)c2cc(Cl)ccc2n1S(=O)(=O)c1ccccc1. The summed E-state index contributed by atoms with van der Waals surface area (Å²) in [5.74, 6) is -0.955. The molecule has 0 aliphatic carbocycles. The summed E-state index contributed by atoms with van der Waals surface area (Å²) >= 11 is 6.39. The minimum Gasteiger partial charge on any atom is -0.461 e. The third-order valence-electron chi connectivity index (χ3n) is 6.26. The van der Waals surface area contributed by atoms with Crippen LogP contribution in [0, 0.1) is 0 Å². The largest absolute Gasteiger partial charge is 0.461 e. The summed E-state index contributed by atoms with van der Waals surface area (Å²) in [6.45, 7) is 1.51. The molecule has 0 saturated heterocycles. The van der Waals surface area contributed by atoms with Crippen molar-refractivity contribution in [2.45, 2.75) is 18.4 Å². The predicted octanol–water partition coefficient (Wildman–Crippen LogP) is 6.15. The number of halogens is 1. The number of aromatic nitrogens is 1. The summed E-state index contributed by atoms with van der Waals surface area (Å²) < 4.78 is 55.9. The van der Waals surface area contributed by atoms with Crippen molar-refractivity contribution in [3.63, 3.8) is 0 Å². The molecule has 204 valence electrons. The molecule has 0 bridgehead atoms. The van der Waals surface area contributed by atoms with Crippen molar-refractivity contribution >= 4 is 56.5 Å². The highest BCUT2D eigenvalue weighted by Crippen LogP contribution is 2.50. The molecule has 1 heterocycles. The van der Waals surface area contributed by atoms with Gasteiger partial charge in [0.15, 0.2) is 5.69 Å². The lowest BCUT2D eigenvalue weighted by molar-refractivity contribution is 0.0520. The standard InChI is InChI=1S/C30H25ClNO6PS/c1-2-37-30(33)28-29(39(34,24-14-8-4-9-15-24)38-21-22-12-6-3-7-13-22)26-20-23(31)18-19-27(26)32(28)40(35,36)25-16-10-5-11-17-25/h3-20H,2,21H2,1H3. The summed E-state index contributed by atoms with van der Waals surface area (Å²) in [6, 6.07) is 29.7. The quantitative estimate of drug-likeness (QED) is 0.150. The first kappa shape index (κ1) is 27.9. The Morgan fingerprint density at radius 3 is 2.10 bits per heavy atom. The van der Waals surface area contributed by atoms with E-state index in [1.807, 2.05) is 30.3 Å². The molecule has 4 aromatic carbocycles. The Bertz CT molecular complexity index is 1820. The monoisotopic (exact) mass is 593 g/mol. The highest BCUT2D eigenvalue weighted by molar-refractivity contribution is 7.90. The van der Waals surface area contributed by atoms with Crippen LogP contribution in [0.1, 0.15) is 23.0 Å². The number of esters is 1. The van der Waals surface area contributed by atoms with E-state index in [1.165, 1.54) is 30.3 Å². The van der Waals surface area contributed by atoms with E-state index >= 15 is 4.57 Å². The maximum absolute atomic E-state index is 15.2. The molecule has 0 saturated carbocycles. The molecule has 0 aliphatic heterocycles. The molecule has 5 aromatic rings. The van der Waals surface area contributed by atoms with Gasteiger partial charge in [0.2, 0.25) is 0 Å². The third kappa shape index (κ3) is 5.11. The van der Waals surface area contributed by atoms with Crippen LogP contribution in [0.25, 0.3) is 10.9 Å². The number of rotatable bonds is 9. The molecule has 1 atom stereocenters. The Morgan fingerprint density at radius 2 is 1.48 bits per heavy atom. The second kappa shape index (κ2) is 11.4. The molecule has 1 unspecified atom stereocenters. The lowest BCUT2D eigenvalue weighted by Gasteiger charge is -2.21. The van der Waals surface area contributed by atoms with E-state index in [0.717, 1.165) is 9.54 Å². The average molecular weight is 594 g/mol. The fourth-order valence-corrected chi connectivity index (χ4v) is 8.65. The number of hydrogen-bond acceptors (Lipinski definition) is 6. The average Bonchev–Trinajstić information content (AvgIpc) is 3.33. The minimum atomic E-state index is -4.37. The van der Waals surface area contributed by atoms with E-state index in [4.69, 9.17) is 20.9 Å². The number of hydrogen-bond donors (Lipinski definition) is 0. The highest BCUT2D eigenvalue weighted by atomic mass is 35.5. The molecule has 0 amide bonds. The molecule has 0 spiro atoms. The van der Waals surface area contributed by atoms with E-state index in [1.54, 1.807) is 55.5 Å². The molecular formula is C30H25ClNO6PS. The summed E-state index contributed by atoms with van der Waals surface area (Å²) in [6.07, 6.45) is 0. The van der Waals surface area contributed by atoms with Gasteiger partial charge in [0, 0.05) is 15.7 Å². The molecule has 10 heteroatoms. The van der Waals surface area contributed by atoms with Crippen LogP contribution < -0.4 is 10.6 Å². The van der Waals surface area contributed by atoms with Crippen LogP contribution in [0.5, 0.6) is 0 Å². The van der Waals surface area contributed by atoms with Crippen LogP contribution in [-0.4, -0.2) is 25.0 Å². The van der Waals surface area contributed by atoms with Gasteiger partial charge in [-0.05, 0) is 55.0 Å². The van der Waals surface area contributed by atoms with Crippen molar-refractivity contribution in [3.05, 3.63) is 125 Å². The molecule has 7 nitrogen and oxygen atoms in total. The van der Waals surface area contributed by atoms with Crippen LogP contribution in [-0.2, 0) is 30.5 Å². The highest BCUT2D eigenvalue weighted by Gasteiger charge is 2.42. The van der Waals surface area contributed by atoms with Crippen molar-refractivity contribution in [1.29, 1.82) is 0 Å². The van der Waals surface area contributed by atoms with Crippen LogP contribution in [0.15, 0.2) is 114 Å². The number of carbonyl (C=O) groups excluding carboxylic acids is 1. The molecule has 5 rings (SSSR count). The number of nitrogens with zero attached hydrogens (tertiary/aromatic N) is 1. The Balaban J connectivity index is 1.89. The van der Waals surface area contributed by atoms with Crippen LogP contribution in [0.3, 0.4) is 0 Å². The van der Waals surface area contributed by atoms with Crippen LogP contribution >= 0.6 is 19.0 Å². The van der Waals surface area contributed by atoms with Gasteiger partial charge in [-0.25, -0.2) is 17.2 Å². The second-order valence-electron chi connectivity index (χ2n) is 8.81. The zero-order valence-electron chi connectivity index (χ0n) is 21.4. The van der Waals surface area contributed by atoms with Gasteiger partial charge in [0.25, 0.3) is 17.4 Å². The maximum Gasteiger partial charge on any atom is 0.356 e. The van der Waals surface area contributed by atoms with Crippen LogP contribution in [0.2, 0.25) is 5.02 Å². The minimum absolute atomic E-state index is 0.0353. The van der Waals surface area contributed by atoms with Gasteiger partial charge >= 0.3 is 5.97 Å². The summed E-state index contributed by atoms with van der Waals surface area (Å²) in [5.41, 5.74) is 0.462. The van der Waals surface area contributed by atoms with Crippen molar-refractivity contribution in [2.24, 2.45) is 0 Å². The Hall–Kier alpha value is -3.68. The molecule has 0 radical (unpaired) electrons. The fraction of sp³-hybridized carbons (Fsp3) is 0.100. The fourth-order valence-electron chi connectivity index (χ4n) is 4.48. The molecule has 0 aliphatic rings. The van der Waals surface area contributed by atoms with Gasteiger partial charge in [-0.2, -0.15) is 0 Å². The molecule has 0 fully saturated rings. The number of fused-ring (bicyclic) bond motifs is 1. The van der Waals surface area contributed by atoms with Gasteiger partial charge in [0.05, 0.1) is 28.9 Å². The Kier molecular flexibility index (Phi) is 7.97. The number of carbonyl (C=O) groups is 1. The number of benzene rings is 4. The summed E-state index contributed by atoms with van der Waals surface area (Å²) in [7, 11) is -8.52. The van der Waals surface area contributed by atoms with E-state index in [-0.39, 0.29) is 44.6 Å². The Labute approximate surface area is 237 Å². The first-order valence-electron chi connectivity index (χ1n) is 12.4. The van der Waals surface area contributed by atoms with Crippen molar-refractivity contribution in [3.8, 4) is 0 Å². The van der Waals surface area contributed by atoms with Gasteiger partial charge in [-0.3, -0.25) is 4.57 Å². The predicted molar refractivity (Wildman–Crippen MR) is 156 cm³/mol. The zero-order chi connectivity index (χ0) is 28.3. The topological polar surface area (TPSA) is 91.7 Å².